The van der Waals surface area contributed by atoms with Crippen LogP contribution in [-0.4, -0.2) is 46.4 Å². The Morgan fingerprint density at radius 1 is 0.897 bits per heavy atom. The zero-order valence-electron chi connectivity index (χ0n) is 16.2. The van der Waals surface area contributed by atoms with Gasteiger partial charge in [-0.2, -0.15) is 0 Å². The molecule has 4 N–H and O–H groups in total. The smallest absolute Gasteiger partial charge is 0.414 e. The second-order valence-corrected chi connectivity index (χ2v) is 6.14. The minimum absolute atomic E-state index is 0.0128. The highest BCUT2D eigenvalue weighted by Crippen LogP contribution is 2.10. The summed E-state index contributed by atoms with van der Waals surface area (Å²) in [5.41, 5.74) is 2.57. The number of aliphatic carboxylic acids is 2. The molecule has 0 aromatic heterocycles. The lowest BCUT2D eigenvalue weighted by atomic mass is 10.1. The molecule has 0 fully saturated rings. The van der Waals surface area contributed by atoms with Crippen LogP contribution >= 0.6 is 0 Å². The van der Waals surface area contributed by atoms with Crippen molar-refractivity contribution in [3.8, 4) is 0 Å². The Hall–Kier alpha value is -3.52. The average molecular weight is 400 g/mol. The van der Waals surface area contributed by atoms with E-state index in [1.807, 2.05) is 25.1 Å². The van der Waals surface area contributed by atoms with Gasteiger partial charge >= 0.3 is 11.9 Å². The molecule has 29 heavy (non-hydrogen) atoms. The van der Waals surface area contributed by atoms with Gasteiger partial charge < -0.3 is 20.8 Å². The number of carbonyl (C=O) groups is 4. The number of ketones is 1. The zero-order chi connectivity index (χ0) is 21.8. The molecule has 0 bridgehead atoms. The lowest BCUT2D eigenvalue weighted by molar-refractivity contribution is -0.159. The Morgan fingerprint density at radius 3 is 1.93 bits per heavy atom. The van der Waals surface area contributed by atoms with Gasteiger partial charge in [0.1, 0.15) is 0 Å². The number of rotatable bonds is 7. The second kappa shape index (κ2) is 12.0. The normalized spacial score (nSPS) is 10.8. The van der Waals surface area contributed by atoms with Crippen molar-refractivity contribution in [2.75, 3.05) is 11.9 Å². The number of benzene rings is 2. The molecule has 1 atom stereocenters. The Labute approximate surface area is 168 Å². The van der Waals surface area contributed by atoms with Crippen LogP contribution in [0.5, 0.6) is 0 Å². The molecule has 0 saturated heterocycles. The van der Waals surface area contributed by atoms with Crippen LogP contribution in [0.15, 0.2) is 54.6 Å². The summed E-state index contributed by atoms with van der Waals surface area (Å²) in [4.78, 5) is 41.6. The third kappa shape index (κ3) is 9.30. The first-order valence-electron chi connectivity index (χ1n) is 8.86. The Morgan fingerprint density at radius 2 is 1.45 bits per heavy atom. The number of carbonyl (C=O) groups excluding carboxylic acids is 2. The highest BCUT2D eigenvalue weighted by Gasteiger charge is 2.12. The molecule has 2 aromatic carbocycles. The molecule has 1 unspecified atom stereocenters. The summed E-state index contributed by atoms with van der Waals surface area (Å²) in [6.45, 7) is 4.10. The largest absolute Gasteiger partial charge is 0.473 e. The summed E-state index contributed by atoms with van der Waals surface area (Å²) < 4.78 is 0. The van der Waals surface area contributed by atoms with Crippen molar-refractivity contribution in [2.24, 2.45) is 0 Å². The fourth-order valence-corrected chi connectivity index (χ4v) is 2.21. The number of carboxylic acids is 2. The van der Waals surface area contributed by atoms with E-state index in [0.29, 0.717) is 11.3 Å². The molecule has 0 aliphatic carbocycles. The topological polar surface area (TPSA) is 133 Å². The number of Topliss-reactive ketones (excluding diaryl/α,β-unsaturated/α-hetero) is 1. The predicted molar refractivity (Wildman–Crippen MR) is 108 cm³/mol. The summed E-state index contributed by atoms with van der Waals surface area (Å²) in [5, 5.41) is 20.8. The molecule has 0 saturated carbocycles. The van der Waals surface area contributed by atoms with Crippen molar-refractivity contribution in [3.63, 3.8) is 0 Å². The number of nitrogens with one attached hydrogen (secondary N) is 2. The molecule has 0 aliphatic rings. The van der Waals surface area contributed by atoms with Crippen molar-refractivity contribution in [1.82, 2.24) is 5.32 Å². The summed E-state index contributed by atoms with van der Waals surface area (Å²) in [6, 6.07) is 16.8. The molecule has 8 nitrogen and oxygen atoms in total. The standard InChI is InChI=1S/C19H22N2O2.C2H2O4/c1-14(20-13-12-16-6-4-3-5-7-16)19(23)21-18-10-8-17(9-11-18)15(2)22;3-1(4)2(5)6/h3-11,14,20H,12-13H2,1-2H3,(H,21,23);(H,3,4)(H,5,6). The van der Waals surface area contributed by atoms with Gasteiger partial charge in [-0.15, -0.1) is 0 Å². The van der Waals surface area contributed by atoms with E-state index in [2.05, 4.69) is 22.8 Å². The van der Waals surface area contributed by atoms with E-state index in [4.69, 9.17) is 19.8 Å². The predicted octanol–water partition coefficient (Wildman–Crippen LogP) is 2.20. The average Bonchev–Trinajstić information content (AvgIpc) is 2.69. The van der Waals surface area contributed by atoms with E-state index in [9.17, 15) is 9.59 Å². The van der Waals surface area contributed by atoms with Gasteiger partial charge in [-0.05, 0) is 56.6 Å². The molecule has 154 valence electrons. The lowest BCUT2D eigenvalue weighted by Crippen LogP contribution is -2.39. The van der Waals surface area contributed by atoms with Gasteiger partial charge in [0.05, 0.1) is 6.04 Å². The maximum absolute atomic E-state index is 12.1. The molecular formula is C21H24N2O6. The zero-order valence-corrected chi connectivity index (χ0v) is 16.2. The van der Waals surface area contributed by atoms with Gasteiger partial charge in [0, 0.05) is 11.3 Å². The highest BCUT2D eigenvalue weighted by atomic mass is 16.4. The van der Waals surface area contributed by atoms with E-state index in [1.54, 1.807) is 24.3 Å². The molecule has 2 aromatic rings. The molecule has 0 heterocycles. The molecular weight excluding hydrogens is 376 g/mol. The Balaban J connectivity index is 0.000000612. The van der Waals surface area contributed by atoms with Crippen LogP contribution in [0.3, 0.4) is 0 Å². The third-order valence-corrected chi connectivity index (χ3v) is 3.84. The number of hydrogen-bond acceptors (Lipinski definition) is 5. The Kier molecular flexibility index (Phi) is 9.76. The molecule has 1 amide bonds. The van der Waals surface area contributed by atoms with Crippen LogP contribution in [0.2, 0.25) is 0 Å². The molecule has 0 radical (unpaired) electrons. The molecule has 8 heteroatoms. The first-order chi connectivity index (χ1) is 13.7. The number of amides is 1. The summed E-state index contributed by atoms with van der Waals surface area (Å²) >= 11 is 0. The van der Waals surface area contributed by atoms with Gasteiger partial charge in [-0.3, -0.25) is 9.59 Å². The van der Waals surface area contributed by atoms with E-state index in [-0.39, 0.29) is 17.7 Å². The fraction of sp³-hybridized carbons (Fsp3) is 0.238. The number of hydrogen-bond donors (Lipinski definition) is 4. The lowest BCUT2D eigenvalue weighted by Gasteiger charge is -2.14. The number of carboxylic acid groups (broad SMARTS) is 2. The second-order valence-electron chi connectivity index (χ2n) is 6.14. The van der Waals surface area contributed by atoms with Crippen molar-refractivity contribution < 1.29 is 29.4 Å². The first-order valence-corrected chi connectivity index (χ1v) is 8.86. The van der Waals surface area contributed by atoms with Gasteiger partial charge in [0.15, 0.2) is 5.78 Å². The molecule has 0 aliphatic heterocycles. The van der Waals surface area contributed by atoms with E-state index in [1.165, 1.54) is 12.5 Å². The van der Waals surface area contributed by atoms with E-state index in [0.717, 1.165) is 13.0 Å². The summed E-state index contributed by atoms with van der Waals surface area (Å²) in [5.74, 6) is -3.72. The van der Waals surface area contributed by atoms with Gasteiger partial charge in [-0.1, -0.05) is 30.3 Å². The van der Waals surface area contributed by atoms with Gasteiger partial charge in [0.2, 0.25) is 5.91 Å². The van der Waals surface area contributed by atoms with Gasteiger partial charge in [0.25, 0.3) is 0 Å². The van der Waals surface area contributed by atoms with Gasteiger partial charge in [-0.25, -0.2) is 9.59 Å². The quantitative estimate of drug-likeness (QED) is 0.414. The third-order valence-electron chi connectivity index (χ3n) is 3.84. The van der Waals surface area contributed by atoms with Crippen LogP contribution < -0.4 is 10.6 Å². The van der Waals surface area contributed by atoms with Crippen molar-refractivity contribution in [1.29, 1.82) is 0 Å². The van der Waals surface area contributed by atoms with Crippen molar-refractivity contribution in [3.05, 3.63) is 65.7 Å². The minimum atomic E-state index is -1.82. The van der Waals surface area contributed by atoms with E-state index < -0.39 is 11.9 Å². The van der Waals surface area contributed by atoms with Crippen LogP contribution in [-0.2, 0) is 20.8 Å². The first kappa shape index (κ1) is 23.5. The van der Waals surface area contributed by atoms with Crippen molar-refractivity contribution in [2.45, 2.75) is 26.3 Å². The summed E-state index contributed by atoms with van der Waals surface area (Å²) in [6.07, 6.45) is 0.881. The monoisotopic (exact) mass is 400 g/mol. The summed E-state index contributed by atoms with van der Waals surface area (Å²) in [7, 11) is 0. The molecule has 2 rings (SSSR count). The van der Waals surface area contributed by atoms with Crippen molar-refractivity contribution >= 4 is 29.3 Å². The maximum atomic E-state index is 12.1. The highest BCUT2D eigenvalue weighted by molar-refractivity contribution is 6.27. The van der Waals surface area contributed by atoms with Crippen LogP contribution in [0.1, 0.15) is 29.8 Å². The minimum Gasteiger partial charge on any atom is -0.473 e. The SMILES string of the molecule is CC(=O)c1ccc(NC(=O)C(C)NCCc2ccccc2)cc1.O=C(O)C(=O)O. The van der Waals surface area contributed by atoms with Crippen LogP contribution in [0.25, 0.3) is 0 Å². The maximum Gasteiger partial charge on any atom is 0.414 e. The number of anilines is 1. The molecule has 0 spiro atoms. The van der Waals surface area contributed by atoms with Crippen LogP contribution in [0.4, 0.5) is 5.69 Å². The van der Waals surface area contributed by atoms with Crippen LogP contribution in [0, 0.1) is 0 Å². The Bertz CT molecular complexity index is 822. The fourth-order valence-electron chi connectivity index (χ4n) is 2.21. The van der Waals surface area contributed by atoms with E-state index >= 15 is 0 Å².